The van der Waals surface area contributed by atoms with Gasteiger partial charge in [-0.15, -0.1) is 0 Å². The van der Waals surface area contributed by atoms with Crippen molar-refractivity contribution in [3.63, 3.8) is 0 Å². The second-order valence-electron chi connectivity index (χ2n) is 5.14. The lowest BCUT2D eigenvalue weighted by atomic mass is 9.84. The zero-order valence-corrected chi connectivity index (χ0v) is 11.8. The molecule has 0 aromatic heterocycles. The van der Waals surface area contributed by atoms with Crippen LogP contribution in [-0.2, 0) is 0 Å². The molecule has 2 aromatic carbocycles. The maximum atomic E-state index is 12.5. The van der Waals surface area contributed by atoms with Crippen LogP contribution in [0.25, 0.3) is 0 Å². The minimum Gasteiger partial charge on any atom is -0.369 e. The van der Waals surface area contributed by atoms with Gasteiger partial charge in [-0.05, 0) is 18.2 Å². The third-order valence-electron chi connectivity index (χ3n) is 3.35. The minimum atomic E-state index is -0.123. The van der Waals surface area contributed by atoms with Gasteiger partial charge in [0, 0.05) is 36.3 Å². The Morgan fingerprint density at radius 1 is 0.857 bits per heavy atom. The number of hydrogen-bond donors (Lipinski definition) is 0. The van der Waals surface area contributed by atoms with Crippen LogP contribution in [0, 0.1) is 0 Å². The molecule has 0 heterocycles. The summed E-state index contributed by atoms with van der Waals surface area (Å²) >= 11 is 0. The number of rotatable bonds is 2. The van der Waals surface area contributed by atoms with E-state index in [0.29, 0.717) is 27.9 Å². The van der Waals surface area contributed by atoms with Crippen molar-refractivity contribution in [1.82, 2.24) is 4.90 Å². The summed E-state index contributed by atoms with van der Waals surface area (Å²) in [6.07, 6.45) is 1.66. The van der Waals surface area contributed by atoms with E-state index in [1.807, 2.05) is 19.0 Å². The minimum absolute atomic E-state index is 0.108. The Balaban J connectivity index is 2.11. The molecule has 0 unspecified atom stereocenters. The highest BCUT2D eigenvalue weighted by Crippen LogP contribution is 2.29. The molecular weight excluding hydrogens is 264 g/mol. The molecule has 0 atom stereocenters. The molecule has 4 nitrogen and oxygen atoms in total. The summed E-state index contributed by atoms with van der Waals surface area (Å²) in [5.74, 6) is -0.231. The number of benzene rings is 2. The Morgan fingerprint density at radius 3 is 2.05 bits per heavy atom. The third kappa shape index (κ3) is 2.25. The van der Waals surface area contributed by atoms with E-state index in [-0.39, 0.29) is 11.6 Å². The fourth-order valence-electron chi connectivity index (χ4n) is 2.35. The fraction of sp³-hybridized carbons (Fsp3) is 0.118. The van der Waals surface area contributed by atoms with Crippen LogP contribution in [0.4, 0.5) is 5.69 Å². The van der Waals surface area contributed by atoms with Crippen molar-refractivity contribution in [2.75, 3.05) is 14.1 Å². The molecule has 0 spiro atoms. The lowest BCUT2D eigenvalue weighted by Gasteiger charge is -2.17. The molecule has 0 saturated heterocycles. The topological polar surface area (TPSA) is 49.7 Å². The number of aliphatic imine (C=N–C) groups is 1. The van der Waals surface area contributed by atoms with Crippen LogP contribution in [0.1, 0.15) is 31.8 Å². The lowest BCUT2D eigenvalue weighted by Crippen LogP contribution is -2.20. The molecule has 3 rings (SSSR count). The zero-order chi connectivity index (χ0) is 15.0. The third-order valence-corrected chi connectivity index (χ3v) is 3.35. The van der Waals surface area contributed by atoms with Gasteiger partial charge in [-0.3, -0.25) is 9.59 Å². The molecular formula is C17H14N2O2. The molecule has 0 radical (unpaired) electrons. The highest BCUT2D eigenvalue weighted by atomic mass is 16.1. The van der Waals surface area contributed by atoms with Crippen LogP contribution in [0.15, 0.2) is 47.5 Å². The fourth-order valence-corrected chi connectivity index (χ4v) is 2.35. The van der Waals surface area contributed by atoms with Crippen LogP contribution in [-0.4, -0.2) is 36.9 Å². The molecule has 1 aliphatic carbocycles. The molecule has 0 saturated carbocycles. The first kappa shape index (κ1) is 13.2. The number of nitrogens with zero attached hydrogens (tertiary/aromatic N) is 2. The quantitative estimate of drug-likeness (QED) is 0.535. The molecule has 21 heavy (non-hydrogen) atoms. The highest BCUT2D eigenvalue weighted by Gasteiger charge is 2.29. The second-order valence-corrected chi connectivity index (χ2v) is 5.14. The largest absolute Gasteiger partial charge is 0.369 e. The van der Waals surface area contributed by atoms with Gasteiger partial charge in [-0.25, -0.2) is 4.99 Å². The number of carbonyl (C=O) groups is 2. The van der Waals surface area contributed by atoms with Crippen molar-refractivity contribution < 1.29 is 9.59 Å². The highest BCUT2D eigenvalue weighted by molar-refractivity contribution is 6.28. The van der Waals surface area contributed by atoms with Crippen LogP contribution < -0.4 is 0 Å². The molecule has 0 aliphatic heterocycles. The summed E-state index contributed by atoms with van der Waals surface area (Å²) in [7, 11) is 3.74. The standard InChI is InChI=1S/C17H14N2O2/c1-19(2)10-18-11-7-8-14-15(9-11)17(21)13-6-4-3-5-12(13)16(14)20/h3-10H,1-2H3. The van der Waals surface area contributed by atoms with Gasteiger partial charge in [0.2, 0.25) is 0 Å². The summed E-state index contributed by atoms with van der Waals surface area (Å²) in [4.78, 5) is 31.0. The number of carbonyl (C=O) groups excluding carboxylic acids is 2. The predicted octanol–water partition coefficient (Wildman–Crippen LogP) is 2.68. The van der Waals surface area contributed by atoms with E-state index in [1.54, 1.807) is 48.8 Å². The van der Waals surface area contributed by atoms with Crippen LogP contribution in [0.2, 0.25) is 0 Å². The van der Waals surface area contributed by atoms with Crippen molar-refractivity contribution >= 4 is 23.6 Å². The monoisotopic (exact) mass is 278 g/mol. The number of fused-ring (bicyclic) bond motifs is 2. The Labute approximate surface area is 122 Å². The molecule has 2 aromatic rings. The second kappa shape index (κ2) is 4.98. The van der Waals surface area contributed by atoms with E-state index in [2.05, 4.69) is 4.99 Å². The van der Waals surface area contributed by atoms with Crippen molar-refractivity contribution in [2.45, 2.75) is 0 Å². The van der Waals surface area contributed by atoms with E-state index in [9.17, 15) is 9.59 Å². The van der Waals surface area contributed by atoms with E-state index in [4.69, 9.17) is 0 Å². The molecule has 0 fully saturated rings. The molecule has 0 N–H and O–H groups in total. The summed E-state index contributed by atoms with van der Waals surface area (Å²) < 4.78 is 0. The van der Waals surface area contributed by atoms with Gasteiger partial charge in [-0.2, -0.15) is 0 Å². The van der Waals surface area contributed by atoms with Crippen molar-refractivity contribution in [2.24, 2.45) is 4.99 Å². The first-order valence-corrected chi connectivity index (χ1v) is 6.61. The van der Waals surface area contributed by atoms with Crippen LogP contribution in [0.5, 0.6) is 0 Å². The van der Waals surface area contributed by atoms with E-state index in [0.717, 1.165) is 0 Å². The zero-order valence-electron chi connectivity index (χ0n) is 11.8. The van der Waals surface area contributed by atoms with Crippen LogP contribution in [0.3, 0.4) is 0 Å². The van der Waals surface area contributed by atoms with Gasteiger partial charge >= 0.3 is 0 Å². The van der Waals surface area contributed by atoms with E-state index >= 15 is 0 Å². The Morgan fingerprint density at radius 2 is 1.43 bits per heavy atom. The average molecular weight is 278 g/mol. The van der Waals surface area contributed by atoms with Gasteiger partial charge < -0.3 is 4.90 Å². The van der Waals surface area contributed by atoms with Gasteiger partial charge in [0.1, 0.15) is 0 Å². The van der Waals surface area contributed by atoms with Gasteiger partial charge in [0.15, 0.2) is 11.6 Å². The SMILES string of the molecule is CN(C)C=Nc1ccc2c(c1)C(=O)c1ccccc1C2=O. The maximum Gasteiger partial charge on any atom is 0.194 e. The van der Waals surface area contributed by atoms with Gasteiger partial charge in [0.25, 0.3) is 0 Å². The molecule has 1 aliphatic rings. The summed E-state index contributed by atoms with van der Waals surface area (Å²) in [6, 6.07) is 12.0. The molecule has 104 valence electrons. The summed E-state index contributed by atoms with van der Waals surface area (Å²) in [5, 5.41) is 0. The first-order valence-electron chi connectivity index (χ1n) is 6.61. The van der Waals surface area contributed by atoms with Crippen LogP contribution >= 0.6 is 0 Å². The lowest BCUT2D eigenvalue weighted by molar-refractivity contribution is 0.0979. The Kier molecular flexibility index (Phi) is 3.14. The maximum absolute atomic E-state index is 12.5. The smallest absolute Gasteiger partial charge is 0.194 e. The number of hydrogen-bond acceptors (Lipinski definition) is 3. The molecule has 0 bridgehead atoms. The average Bonchev–Trinajstić information content (AvgIpc) is 2.50. The van der Waals surface area contributed by atoms with Gasteiger partial charge in [-0.1, -0.05) is 24.3 Å². The Hall–Kier alpha value is -2.75. The summed E-state index contributed by atoms with van der Waals surface area (Å²) in [6.45, 7) is 0. The first-order chi connectivity index (χ1) is 10.1. The Bertz CT molecular complexity index is 776. The predicted molar refractivity (Wildman–Crippen MR) is 81.6 cm³/mol. The molecule has 4 heteroatoms. The normalized spacial score (nSPS) is 13.2. The van der Waals surface area contributed by atoms with Crippen molar-refractivity contribution in [3.05, 3.63) is 64.7 Å². The summed E-state index contributed by atoms with van der Waals surface area (Å²) in [5.41, 5.74) is 2.46. The van der Waals surface area contributed by atoms with Crippen molar-refractivity contribution in [1.29, 1.82) is 0 Å². The van der Waals surface area contributed by atoms with E-state index < -0.39 is 0 Å². The molecule has 0 amide bonds. The van der Waals surface area contributed by atoms with E-state index in [1.165, 1.54) is 0 Å². The number of ketones is 2. The van der Waals surface area contributed by atoms with Crippen molar-refractivity contribution in [3.8, 4) is 0 Å². The van der Waals surface area contributed by atoms with Gasteiger partial charge in [0.05, 0.1) is 12.0 Å².